The smallest absolute Gasteiger partial charge is 0.231 e. The zero-order chi connectivity index (χ0) is 14.5. The molecule has 0 bridgehead atoms. The van der Waals surface area contributed by atoms with E-state index >= 15 is 0 Å². The van der Waals surface area contributed by atoms with Gasteiger partial charge in [0.1, 0.15) is 0 Å². The molecule has 0 aliphatic carbocycles. The lowest BCUT2D eigenvalue weighted by atomic mass is 10.3. The van der Waals surface area contributed by atoms with Crippen LogP contribution in [0.25, 0.3) is 0 Å². The van der Waals surface area contributed by atoms with Crippen molar-refractivity contribution in [3.8, 4) is 0 Å². The Kier molecular flexibility index (Phi) is 4.73. The minimum atomic E-state index is 0.615. The van der Waals surface area contributed by atoms with Crippen molar-refractivity contribution in [2.24, 2.45) is 0 Å². The van der Waals surface area contributed by atoms with Crippen molar-refractivity contribution in [2.45, 2.75) is 6.42 Å². The van der Waals surface area contributed by atoms with Gasteiger partial charge in [0.05, 0.1) is 0 Å². The SMILES string of the molecule is CN(C)c1nc(NCCc2cccs2)nc(N(C)C)n1. The number of hydrogen-bond donors (Lipinski definition) is 1. The summed E-state index contributed by atoms with van der Waals surface area (Å²) in [6.07, 6.45) is 0.970. The number of hydrogen-bond acceptors (Lipinski definition) is 7. The summed E-state index contributed by atoms with van der Waals surface area (Å²) in [5, 5.41) is 5.35. The summed E-state index contributed by atoms with van der Waals surface area (Å²) >= 11 is 1.76. The van der Waals surface area contributed by atoms with Crippen molar-refractivity contribution < 1.29 is 0 Å². The Balaban J connectivity index is 2.06. The van der Waals surface area contributed by atoms with Gasteiger partial charge in [0, 0.05) is 39.6 Å². The average Bonchev–Trinajstić information content (AvgIpc) is 2.91. The maximum absolute atomic E-state index is 4.40. The fraction of sp³-hybridized carbons (Fsp3) is 0.462. The highest BCUT2D eigenvalue weighted by Crippen LogP contribution is 2.14. The van der Waals surface area contributed by atoms with E-state index in [1.54, 1.807) is 11.3 Å². The normalized spacial score (nSPS) is 10.4. The second kappa shape index (κ2) is 6.51. The first-order valence-electron chi connectivity index (χ1n) is 6.43. The van der Waals surface area contributed by atoms with Crippen LogP contribution < -0.4 is 15.1 Å². The van der Waals surface area contributed by atoms with Crippen molar-refractivity contribution in [2.75, 3.05) is 49.9 Å². The molecule has 0 fully saturated rings. The maximum Gasteiger partial charge on any atom is 0.231 e. The first-order valence-corrected chi connectivity index (χ1v) is 7.31. The van der Waals surface area contributed by atoms with E-state index in [1.165, 1.54) is 4.88 Å². The molecule has 2 aromatic heterocycles. The minimum absolute atomic E-state index is 0.615. The van der Waals surface area contributed by atoms with Gasteiger partial charge in [-0.25, -0.2) is 0 Å². The molecule has 0 radical (unpaired) electrons. The molecule has 2 heterocycles. The van der Waals surface area contributed by atoms with Gasteiger partial charge in [-0.2, -0.15) is 15.0 Å². The molecule has 0 saturated carbocycles. The highest BCUT2D eigenvalue weighted by atomic mass is 32.1. The Morgan fingerprint density at radius 1 is 1.05 bits per heavy atom. The zero-order valence-electron chi connectivity index (χ0n) is 12.3. The van der Waals surface area contributed by atoms with E-state index in [1.807, 2.05) is 38.0 Å². The molecule has 20 heavy (non-hydrogen) atoms. The number of thiophene rings is 1. The monoisotopic (exact) mass is 292 g/mol. The van der Waals surface area contributed by atoms with Crippen LogP contribution in [0.1, 0.15) is 4.88 Å². The van der Waals surface area contributed by atoms with Gasteiger partial charge in [-0.3, -0.25) is 0 Å². The molecular formula is C13H20N6S. The van der Waals surface area contributed by atoms with Gasteiger partial charge in [0.25, 0.3) is 0 Å². The third-order valence-corrected chi connectivity index (χ3v) is 3.58. The lowest BCUT2D eigenvalue weighted by molar-refractivity contribution is 0.902. The fourth-order valence-electron chi connectivity index (χ4n) is 1.59. The maximum atomic E-state index is 4.40. The molecule has 0 saturated heterocycles. The summed E-state index contributed by atoms with van der Waals surface area (Å²) in [7, 11) is 7.68. The Bertz CT molecular complexity index is 512. The quantitative estimate of drug-likeness (QED) is 0.875. The highest BCUT2D eigenvalue weighted by Gasteiger charge is 2.09. The predicted octanol–water partition coefficient (Wildman–Crippen LogP) is 1.72. The lowest BCUT2D eigenvalue weighted by Crippen LogP contribution is -2.20. The standard InChI is InChI=1S/C13H20N6S/c1-18(2)12-15-11(16-13(17-12)19(3)4)14-8-7-10-6-5-9-20-10/h5-6,9H,7-8H2,1-4H3,(H,14,15,16,17). The van der Waals surface area contributed by atoms with Crippen LogP contribution in [0.5, 0.6) is 0 Å². The zero-order valence-corrected chi connectivity index (χ0v) is 13.1. The van der Waals surface area contributed by atoms with Crippen LogP contribution >= 0.6 is 11.3 Å². The van der Waals surface area contributed by atoms with Gasteiger partial charge in [-0.1, -0.05) is 6.07 Å². The molecular weight excluding hydrogens is 272 g/mol. The molecule has 0 spiro atoms. The van der Waals surface area contributed by atoms with Gasteiger partial charge in [-0.05, 0) is 17.9 Å². The molecule has 0 atom stereocenters. The van der Waals surface area contributed by atoms with E-state index in [2.05, 4.69) is 37.8 Å². The molecule has 0 aromatic carbocycles. The average molecular weight is 292 g/mol. The third kappa shape index (κ3) is 3.80. The van der Waals surface area contributed by atoms with Crippen molar-refractivity contribution in [1.82, 2.24) is 15.0 Å². The van der Waals surface area contributed by atoms with Crippen molar-refractivity contribution in [3.63, 3.8) is 0 Å². The Labute approximate surface area is 123 Å². The number of nitrogens with zero attached hydrogens (tertiary/aromatic N) is 5. The predicted molar refractivity (Wildman–Crippen MR) is 85.0 cm³/mol. The number of nitrogens with one attached hydrogen (secondary N) is 1. The Morgan fingerprint density at radius 2 is 1.70 bits per heavy atom. The molecule has 0 amide bonds. The van der Waals surface area contributed by atoms with E-state index in [4.69, 9.17) is 0 Å². The molecule has 2 aromatic rings. The van der Waals surface area contributed by atoms with Gasteiger partial charge in [-0.15, -0.1) is 11.3 Å². The summed E-state index contributed by atoms with van der Waals surface area (Å²) in [5.41, 5.74) is 0. The van der Waals surface area contributed by atoms with Crippen LogP contribution in [0.2, 0.25) is 0 Å². The van der Waals surface area contributed by atoms with Crippen LogP contribution in [-0.4, -0.2) is 49.7 Å². The van der Waals surface area contributed by atoms with Crippen molar-refractivity contribution >= 4 is 29.2 Å². The van der Waals surface area contributed by atoms with Crippen LogP contribution in [0.4, 0.5) is 17.8 Å². The molecule has 6 nitrogen and oxygen atoms in total. The highest BCUT2D eigenvalue weighted by molar-refractivity contribution is 7.09. The van der Waals surface area contributed by atoms with E-state index in [0.717, 1.165) is 13.0 Å². The van der Waals surface area contributed by atoms with Gasteiger partial charge >= 0.3 is 0 Å². The fourth-order valence-corrected chi connectivity index (χ4v) is 2.29. The van der Waals surface area contributed by atoms with E-state index in [-0.39, 0.29) is 0 Å². The second-order valence-electron chi connectivity index (χ2n) is 4.80. The summed E-state index contributed by atoms with van der Waals surface area (Å²) in [6.45, 7) is 0.810. The molecule has 0 aliphatic heterocycles. The molecule has 7 heteroatoms. The number of rotatable bonds is 6. The van der Waals surface area contributed by atoms with Crippen LogP contribution in [0, 0.1) is 0 Å². The summed E-state index contributed by atoms with van der Waals surface area (Å²) in [5.74, 6) is 1.92. The van der Waals surface area contributed by atoms with Crippen LogP contribution in [0.3, 0.4) is 0 Å². The van der Waals surface area contributed by atoms with E-state index in [9.17, 15) is 0 Å². The molecule has 1 N–H and O–H groups in total. The first-order chi connectivity index (χ1) is 9.56. The third-order valence-electron chi connectivity index (χ3n) is 2.65. The Hall–Kier alpha value is -1.89. The van der Waals surface area contributed by atoms with E-state index in [0.29, 0.717) is 17.8 Å². The van der Waals surface area contributed by atoms with Crippen LogP contribution in [0.15, 0.2) is 17.5 Å². The summed E-state index contributed by atoms with van der Waals surface area (Å²) < 4.78 is 0. The van der Waals surface area contributed by atoms with Gasteiger partial charge in [0.15, 0.2) is 0 Å². The molecule has 108 valence electrons. The van der Waals surface area contributed by atoms with Crippen molar-refractivity contribution in [1.29, 1.82) is 0 Å². The van der Waals surface area contributed by atoms with Crippen LogP contribution in [-0.2, 0) is 6.42 Å². The van der Waals surface area contributed by atoms with Gasteiger partial charge < -0.3 is 15.1 Å². The number of anilines is 3. The second-order valence-corrected chi connectivity index (χ2v) is 5.84. The largest absolute Gasteiger partial charge is 0.354 e. The lowest BCUT2D eigenvalue weighted by Gasteiger charge is -2.16. The van der Waals surface area contributed by atoms with Gasteiger partial charge in [0.2, 0.25) is 17.8 Å². The topological polar surface area (TPSA) is 57.2 Å². The molecule has 2 rings (SSSR count). The molecule has 0 aliphatic rings. The summed E-state index contributed by atoms with van der Waals surface area (Å²) in [6, 6.07) is 4.20. The van der Waals surface area contributed by atoms with Crippen molar-refractivity contribution in [3.05, 3.63) is 22.4 Å². The summed E-state index contributed by atoms with van der Waals surface area (Å²) in [4.78, 5) is 18.3. The minimum Gasteiger partial charge on any atom is -0.354 e. The molecule has 0 unspecified atom stereocenters. The Morgan fingerprint density at radius 3 is 2.20 bits per heavy atom. The number of aromatic nitrogens is 3. The first kappa shape index (κ1) is 14.5. The van der Waals surface area contributed by atoms with E-state index < -0.39 is 0 Å².